The summed E-state index contributed by atoms with van der Waals surface area (Å²) in [5, 5.41) is 23.5. The zero-order valence-electron chi connectivity index (χ0n) is 19.3. The molecule has 33 heavy (non-hydrogen) atoms. The second kappa shape index (κ2) is 13.7. The number of rotatable bonds is 14. The summed E-state index contributed by atoms with van der Waals surface area (Å²) in [4.78, 5) is 62.1. The van der Waals surface area contributed by atoms with E-state index in [0.29, 0.717) is 38.6 Å². The van der Waals surface area contributed by atoms with Gasteiger partial charge >= 0.3 is 11.9 Å². The van der Waals surface area contributed by atoms with Gasteiger partial charge in [0.1, 0.15) is 18.1 Å². The van der Waals surface area contributed by atoms with E-state index in [0.717, 1.165) is 0 Å². The van der Waals surface area contributed by atoms with Crippen molar-refractivity contribution >= 4 is 29.7 Å². The fourth-order valence-electron chi connectivity index (χ4n) is 3.76. The van der Waals surface area contributed by atoms with Crippen LogP contribution in [0.3, 0.4) is 0 Å². The highest BCUT2D eigenvalue weighted by atomic mass is 16.4. The van der Waals surface area contributed by atoms with Crippen LogP contribution >= 0.6 is 0 Å². The molecule has 3 amide bonds. The number of amides is 3. The topological polar surface area (TPSA) is 205 Å². The van der Waals surface area contributed by atoms with E-state index >= 15 is 0 Å². The Labute approximate surface area is 193 Å². The van der Waals surface area contributed by atoms with Gasteiger partial charge in [-0.3, -0.25) is 19.2 Å². The van der Waals surface area contributed by atoms with Crippen LogP contribution in [0.4, 0.5) is 0 Å². The third-order valence-corrected chi connectivity index (χ3v) is 5.91. The third-order valence-electron chi connectivity index (χ3n) is 5.91. The Hall–Kier alpha value is -2.73. The lowest BCUT2D eigenvalue weighted by Crippen LogP contribution is -2.57. The number of carboxylic acid groups (broad SMARTS) is 2. The average molecular weight is 472 g/mol. The summed E-state index contributed by atoms with van der Waals surface area (Å²) in [7, 11) is 0. The minimum Gasteiger partial charge on any atom is -0.481 e. The molecule has 12 nitrogen and oxygen atoms in total. The highest BCUT2D eigenvalue weighted by Gasteiger charge is 2.38. The molecule has 0 radical (unpaired) electrons. The van der Waals surface area contributed by atoms with Crippen LogP contribution in [0.2, 0.25) is 0 Å². The van der Waals surface area contributed by atoms with Crippen molar-refractivity contribution in [1.82, 2.24) is 15.5 Å². The molecular weight excluding hydrogens is 434 g/mol. The van der Waals surface area contributed by atoms with Gasteiger partial charge in [-0.05, 0) is 44.6 Å². The van der Waals surface area contributed by atoms with Gasteiger partial charge < -0.3 is 37.2 Å². The number of nitrogens with two attached hydrogens (primary N) is 2. The Bertz CT molecular complexity index is 717. The van der Waals surface area contributed by atoms with Crippen molar-refractivity contribution in [3.8, 4) is 0 Å². The van der Waals surface area contributed by atoms with Crippen molar-refractivity contribution in [2.24, 2.45) is 17.4 Å². The fourth-order valence-corrected chi connectivity index (χ4v) is 3.76. The molecule has 1 fully saturated rings. The number of unbranched alkanes of at least 4 members (excludes halogenated alkanes) is 1. The number of hydrogen-bond acceptors (Lipinski definition) is 7. The third kappa shape index (κ3) is 8.61. The Morgan fingerprint density at radius 1 is 1.12 bits per heavy atom. The van der Waals surface area contributed by atoms with Gasteiger partial charge in [0.2, 0.25) is 17.7 Å². The number of carbonyl (C=O) groups is 5. The number of aliphatic carboxylic acids is 2. The predicted molar refractivity (Wildman–Crippen MR) is 119 cm³/mol. The molecule has 0 aromatic rings. The van der Waals surface area contributed by atoms with Crippen LogP contribution in [0.25, 0.3) is 0 Å². The van der Waals surface area contributed by atoms with Crippen molar-refractivity contribution < 1.29 is 34.2 Å². The van der Waals surface area contributed by atoms with Gasteiger partial charge in [-0.25, -0.2) is 4.79 Å². The second-order valence-electron chi connectivity index (χ2n) is 8.45. The number of likely N-dealkylation sites (tertiary alicyclic amines) is 1. The van der Waals surface area contributed by atoms with Crippen LogP contribution in [0, 0.1) is 5.92 Å². The van der Waals surface area contributed by atoms with E-state index in [-0.39, 0.29) is 18.9 Å². The molecule has 1 heterocycles. The van der Waals surface area contributed by atoms with Crippen LogP contribution in [-0.2, 0) is 24.0 Å². The number of carboxylic acids is 2. The monoisotopic (exact) mass is 471 g/mol. The van der Waals surface area contributed by atoms with E-state index in [1.807, 2.05) is 6.92 Å². The molecule has 8 N–H and O–H groups in total. The summed E-state index contributed by atoms with van der Waals surface area (Å²) < 4.78 is 0. The van der Waals surface area contributed by atoms with E-state index in [9.17, 15) is 29.1 Å². The maximum absolute atomic E-state index is 13.0. The summed E-state index contributed by atoms with van der Waals surface area (Å²) in [6, 6.07) is -4.26. The molecule has 188 valence electrons. The average Bonchev–Trinajstić information content (AvgIpc) is 3.24. The van der Waals surface area contributed by atoms with Crippen LogP contribution in [-0.4, -0.2) is 82.0 Å². The molecule has 1 rings (SSSR count). The normalized spacial score (nSPS) is 19.3. The molecule has 12 heteroatoms. The highest BCUT2D eigenvalue weighted by molar-refractivity contribution is 5.95. The van der Waals surface area contributed by atoms with Crippen LogP contribution in [0.5, 0.6) is 0 Å². The molecule has 0 spiro atoms. The first-order chi connectivity index (χ1) is 15.5. The van der Waals surface area contributed by atoms with Crippen molar-refractivity contribution in [2.75, 3.05) is 13.1 Å². The predicted octanol–water partition coefficient (Wildman–Crippen LogP) is -0.991. The summed E-state index contributed by atoms with van der Waals surface area (Å²) >= 11 is 0. The number of nitrogens with one attached hydrogen (secondary N) is 2. The van der Waals surface area contributed by atoms with Gasteiger partial charge in [-0.1, -0.05) is 20.3 Å². The van der Waals surface area contributed by atoms with Crippen molar-refractivity contribution in [2.45, 2.75) is 83.0 Å². The van der Waals surface area contributed by atoms with E-state index in [1.165, 1.54) is 4.90 Å². The lowest BCUT2D eigenvalue weighted by atomic mass is 9.98. The Balaban J connectivity index is 2.94. The molecule has 0 aromatic heterocycles. The number of carbonyl (C=O) groups excluding carboxylic acids is 3. The molecule has 1 aliphatic rings. The lowest BCUT2D eigenvalue weighted by Gasteiger charge is -2.29. The largest absolute Gasteiger partial charge is 0.481 e. The number of nitrogens with zero attached hydrogens (tertiary/aromatic N) is 1. The SMILES string of the molecule is CCC(C)C(NC(=O)C(CCCCN)NC(=O)C1CCCN1C(=O)C(N)CC(=O)O)C(=O)O. The fraction of sp³-hybridized carbons (Fsp3) is 0.762. The van der Waals surface area contributed by atoms with Gasteiger partial charge in [0, 0.05) is 6.54 Å². The molecule has 1 aliphatic heterocycles. The smallest absolute Gasteiger partial charge is 0.326 e. The second-order valence-corrected chi connectivity index (χ2v) is 8.45. The Morgan fingerprint density at radius 2 is 1.79 bits per heavy atom. The molecule has 0 saturated carbocycles. The molecule has 0 bridgehead atoms. The van der Waals surface area contributed by atoms with Crippen LogP contribution in [0.1, 0.15) is 58.8 Å². The summed E-state index contributed by atoms with van der Waals surface area (Å²) in [5.41, 5.74) is 11.2. The zero-order valence-corrected chi connectivity index (χ0v) is 19.3. The molecule has 5 unspecified atom stereocenters. The maximum Gasteiger partial charge on any atom is 0.326 e. The van der Waals surface area contributed by atoms with E-state index < -0.39 is 60.2 Å². The van der Waals surface area contributed by atoms with Crippen molar-refractivity contribution in [3.05, 3.63) is 0 Å². The minimum atomic E-state index is -1.27. The Kier molecular flexibility index (Phi) is 11.8. The molecule has 1 saturated heterocycles. The molecule has 5 atom stereocenters. The first kappa shape index (κ1) is 28.3. The highest BCUT2D eigenvalue weighted by Crippen LogP contribution is 2.19. The van der Waals surface area contributed by atoms with E-state index in [2.05, 4.69) is 10.6 Å². The summed E-state index contributed by atoms with van der Waals surface area (Å²) in [6.45, 7) is 4.18. The maximum atomic E-state index is 13.0. The first-order valence-electron chi connectivity index (χ1n) is 11.3. The number of hydrogen-bond donors (Lipinski definition) is 6. The summed E-state index contributed by atoms with van der Waals surface area (Å²) in [5.74, 6) is -4.52. The van der Waals surface area contributed by atoms with Gasteiger partial charge in [0.15, 0.2) is 0 Å². The van der Waals surface area contributed by atoms with Gasteiger partial charge in [0.05, 0.1) is 12.5 Å². The van der Waals surface area contributed by atoms with Crippen LogP contribution in [0.15, 0.2) is 0 Å². The first-order valence-corrected chi connectivity index (χ1v) is 11.3. The van der Waals surface area contributed by atoms with E-state index in [4.69, 9.17) is 16.6 Å². The van der Waals surface area contributed by atoms with E-state index in [1.54, 1.807) is 6.92 Å². The zero-order chi connectivity index (χ0) is 25.1. The Morgan fingerprint density at radius 3 is 2.33 bits per heavy atom. The van der Waals surface area contributed by atoms with Crippen molar-refractivity contribution in [3.63, 3.8) is 0 Å². The lowest BCUT2D eigenvalue weighted by molar-refractivity contribution is -0.145. The molecular formula is C21H37N5O7. The van der Waals surface area contributed by atoms with Crippen molar-refractivity contribution in [1.29, 1.82) is 0 Å². The molecule has 0 aliphatic carbocycles. The van der Waals surface area contributed by atoms with Gasteiger partial charge in [-0.15, -0.1) is 0 Å². The summed E-state index contributed by atoms with van der Waals surface area (Å²) in [6.07, 6.45) is 2.26. The quantitative estimate of drug-likeness (QED) is 0.172. The van der Waals surface area contributed by atoms with Crippen LogP contribution < -0.4 is 22.1 Å². The van der Waals surface area contributed by atoms with Gasteiger partial charge in [-0.2, -0.15) is 0 Å². The standard InChI is InChI=1S/C21H37N5O7/c1-3-12(2)17(21(32)33)25-18(29)14(7-4-5-9-22)24-19(30)15-8-6-10-26(15)20(31)13(23)11-16(27)28/h12-15,17H,3-11,22-23H2,1-2H3,(H,24,30)(H,25,29)(H,27,28)(H,32,33). The molecule has 0 aromatic carbocycles. The minimum absolute atomic E-state index is 0.251. The van der Waals surface area contributed by atoms with Gasteiger partial charge in [0.25, 0.3) is 0 Å².